The molecule has 1 amide bonds. The van der Waals surface area contributed by atoms with E-state index in [2.05, 4.69) is 31.0 Å². The fraction of sp³-hybridized carbons (Fsp3) is 0.688. The zero-order valence-corrected chi connectivity index (χ0v) is 13.7. The van der Waals surface area contributed by atoms with Gasteiger partial charge in [0.15, 0.2) is 0 Å². The van der Waals surface area contributed by atoms with E-state index in [1.165, 1.54) is 0 Å². The van der Waals surface area contributed by atoms with Crippen molar-refractivity contribution >= 4 is 5.91 Å². The Bertz CT molecular complexity index is 415. The van der Waals surface area contributed by atoms with Crippen LogP contribution in [0.1, 0.15) is 39.9 Å². The second-order valence-corrected chi connectivity index (χ2v) is 6.31. The summed E-state index contributed by atoms with van der Waals surface area (Å²) in [5.41, 5.74) is 5.81. The third-order valence-electron chi connectivity index (χ3n) is 3.64. The van der Waals surface area contributed by atoms with E-state index in [0.717, 1.165) is 25.3 Å². The first-order valence-electron chi connectivity index (χ1n) is 7.64. The normalized spacial score (nSPS) is 13.4. The second-order valence-electron chi connectivity index (χ2n) is 6.31. The highest BCUT2D eigenvalue weighted by molar-refractivity contribution is 5.81. The van der Waals surface area contributed by atoms with Crippen molar-refractivity contribution in [2.24, 2.45) is 11.1 Å². The lowest BCUT2D eigenvalue weighted by Gasteiger charge is -2.35. The molecule has 1 rings (SSSR count). The van der Waals surface area contributed by atoms with E-state index in [4.69, 9.17) is 10.2 Å². The Morgan fingerprint density at radius 3 is 2.76 bits per heavy atom. The van der Waals surface area contributed by atoms with Crippen molar-refractivity contribution in [3.63, 3.8) is 0 Å². The summed E-state index contributed by atoms with van der Waals surface area (Å²) in [7, 11) is 0. The molecule has 21 heavy (non-hydrogen) atoms. The van der Waals surface area contributed by atoms with Crippen molar-refractivity contribution in [3.05, 3.63) is 24.2 Å². The number of amides is 1. The smallest absolute Gasteiger partial charge is 0.237 e. The largest absolute Gasteiger partial charge is 0.467 e. The Morgan fingerprint density at radius 2 is 2.24 bits per heavy atom. The van der Waals surface area contributed by atoms with Crippen LogP contribution in [-0.4, -0.2) is 36.5 Å². The van der Waals surface area contributed by atoms with Crippen LogP contribution in [0.2, 0.25) is 0 Å². The average molecular weight is 295 g/mol. The van der Waals surface area contributed by atoms with Crippen LogP contribution >= 0.6 is 0 Å². The van der Waals surface area contributed by atoms with Gasteiger partial charge in [0.05, 0.1) is 18.8 Å². The predicted octanol–water partition coefficient (Wildman–Crippen LogP) is 1.98. The molecule has 0 saturated heterocycles. The molecular formula is C16H29N3O2. The van der Waals surface area contributed by atoms with Crippen molar-refractivity contribution < 1.29 is 9.21 Å². The van der Waals surface area contributed by atoms with Gasteiger partial charge in [0.25, 0.3) is 0 Å². The number of nitrogens with one attached hydrogen (secondary N) is 1. The van der Waals surface area contributed by atoms with Gasteiger partial charge in [0.2, 0.25) is 5.91 Å². The van der Waals surface area contributed by atoms with Crippen LogP contribution in [0, 0.1) is 5.41 Å². The average Bonchev–Trinajstić information content (AvgIpc) is 2.96. The van der Waals surface area contributed by atoms with Gasteiger partial charge in [-0.1, -0.05) is 20.8 Å². The van der Waals surface area contributed by atoms with E-state index in [0.29, 0.717) is 13.1 Å². The third kappa shape index (κ3) is 5.89. The van der Waals surface area contributed by atoms with Crippen LogP contribution in [-0.2, 0) is 11.3 Å². The van der Waals surface area contributed by atoms with E-state index in [1.807, 2.05) is 19.1 Å². The fourth-order valence-electron chi connectivity index (χ4n) is 2.21. The molecule has 5 heteroatoms. The maximum absolute atomic E-state index is 12.3. The van der Waals surface area contributed by atoms with Crippen LogP contribution in [0.5, 0.6) is 0 Å². The van der Waals surface area contributed by atoms with Crippen molar-refractivity contribution in [3.8, 4) is 0 Å². The Morgan fingerprint density at radius 1 is 1.52 bits per heavy atom. The first-order chi connectivity index (χ1) is 9.89. The van der Waals surface area contributed by atoms with Crippen LogP contribution in [0.15, 0.2) is 22.8 Å². The van der Waals surface area contributed by atoms with Crippen LogP contribution in [0.4, 0.5) is 0 Å². The number of carbonyl (C=O) groups is 1. The minimum Gasteiger partial charge on any atom is -0.467 e. The minimum absolute atomic E-state index is 0.00468. The monoisotopic (exact) mass is 295 g/mol. The lowest BCUT2D eigenvalue weighted by molar-refractivity contribution is -0.126. The van der Waals surface area contributed by atoms with E-state index in [9.17, 15) is 4.79 Å². The summed E-state index contributed by atoms with van der Waals surface area (Å²) < 4.78 is 5.22. The molecule has 5 nitrogen and oxygen atoms in total. The fourth-order valence-corrected chi connectivity index (χ4v) is 2.21. The molecule has 1 unspecified atom stereocenters. The van der Waals surface area contributed by atoms with E-state index < -0.39 is 0 Å². The number of nitrogens with two attached hydrogens (primary N) is 1. The number of rotatable bonds is 9. The van der Waals surface area contributed by atoms with Crippen molar-refractivity contribution in [1.29, 1.82) is 0 Å². The maximum Gasteiger partial charge on any atom is 0.237 e. The minimum atomic E-state index is -0.175. The highest BCUT2D eigenvalue weighted by atomic mass is 16.3. The van der Waals surface area contributed by atoms with Gasteiger partial charge < -0.3 is 15.5 Å². The van der Waals surface area contributed by atoms with Gasteiger partial charge in [-0.25, -0.2) is 0 Å². The third-order valence-corrected chi connectivity index (χ3v) is 3.64. The maximum atomic E-state index is 12.3. The van der Waals surface area contributed by atoms with Gasteiger partial charge in [-0.2, -0.15) is 0 Å². The van der Waals surface area contributed by atoms with E-state index >= 15 is 0 Å². The highest BCUT2D eigenvalue weighted by Crippen LogP contribution is 2.17. The Balaban J connectivity index is 2.57. The number of furan rings is 1. The molecule has 0 aromatic carbocycles. The standard InChI is InChI=1S/C16H29N3O2/c1-5-8-19(12-16(3,4)11-17)13(2)15(20)18-10-14-7-6-9-21-14/h6-7,9,13H,5,8,10-12,17H2,1-4H3,(H,18,20). The molecule has 0 bridgehead atoms. The van der Waals surface area contributed by atoms with Gasteiger partial charge in [0, 0.05) is 6.54 Å². The van der Waals surface area contributed by atoms with Crippen LogP contribution in [0.3, 0.4) is 0 Å². The molecule has 0 fully saturated rings. The molecule has 1 heterocycles. The van der Waals surface area contributed by atoms with Gasteiger partial charge in [0.1, 0.15) is 5.76 Å². The first kappa shape index (κ1) is 17.7. The number of carbonyl (C=O) groups excluding carboxylic acids is 1. The number of nitrogens with zero attached hydrogens (tertiary/aromatic N) is 1. The topological polar surface area (TPSA) is 71.5 Å². The summed E-state index contributed by atoms with van der Waals surface area (Å²) >= 11 is 0. The van der Waals surface area contributed by atoms with Gasteiger partial charge >= 0.3 is 0 Å². The molecule has 1 aromatic heterocycles. The second kappa shape index (κ2) is 8.20. The molecule has 0 saturated carbocycles. The molecule has 1 aromatic rings. The summed E-state index contributed by atoms with van der Waals surface area (Å²) in [6.45, 7) is 11.1. The van der Waals surface area contributed by atoms with Crippen molar-refractivity contribution in [2.45, 2.75) is 46.7 Å². The summed E-state index contributed by atoms with van der Waals surface area (Å²) in [5, 5.41) is 2.92. The molecule has 0 aliphatic heterocycles. The Labute approximate surface area is 127 Å². The molecule has 0 aliphatic rings. The summed E-state index contributed by atoms with van der Waals surface area (Å²) in [6.07, 6.45) is 2.62. The van der Waals surface area contributed by atoms with Gasteiger partial charge in [-0.15, -0.1) is 0 Å². The van der Waals surface area contributed by atoms with Crippen molar-refractivity contribution in [1.82, 2.24) is 10.2 Å². The van der Waals surface area contributed by atoms with Crippen LogP contribution < -0.4 is 11.1 Å². The molecule has 0 radical (unpaired) electrons. The molecule has 1 atom stereocenters. The Hall–Kier alpha value is -1.33. The Kier molecular flexibility index (Phi) is 6.92. The summed E-state index contributed by atoms with van der Waals surface area (Å²) in [5.74, 6) is 0.785. The zero-order chi connectivity index (χ0) is 15.9. The van der Waals surface area contributed by atoms with E-state index in [1.54, 1.807) is 6.26 Å². The quantitative estimate of drug-likeness (QED) is 0.731. The zero-order valence-electron chi connectivity index (χ0n) is 13.7. The van der Waals surface area contributed by atoms with Gasteiger partial charge in [-0.05, 0) is 44.0 Å². The predicted molar refractivity (Wildman–Crippen MR) is 84.7 cm³/mol. The molecule has 0 aliphatic carbocycles. The lowest BCUT2D eigenvalue weighted by atomic mass is 9.92. The number of hydrogen-bond donors (Lipinski definition) is 2. The molecule has 120 valence electrons. The summed E-state index contributed by atoms with van der Waals surface area (Å²) in [4.78, 5) is 14.5. The van der Waals surface area contributed by atoms with Crippen molar-refractivity contribution in [2.75, 3.05) is 19.6 Å². The molecule has 3 N–H and O–H groups in total. The van der Waals surface area contributed by atoms with E-state index in [-0.39, 0.29) is 17.4 Å². The first-order valence-corrected chi connectivity index (χ1v) is 7.64. The SMILES string of the molecule is CCCN(CC(C)(C)CN)C(C)C(=O)NCc1ccco1. The molecular weight excluding hydrogens is 266 g/mol. The highest BCUT2D eigenvalue weighted by Gasteiger charge is 2.26. The number of hydrogen-bond acceptors (Lipinski definition) is 4. The lowest BCUT2D eigenvalue weighted by Crippen LogP contribution is -2.49. The van der Waals surface area contributed by atoms with Gasteiger partial charge in [-0.3, -0.25) is 9.69 Å². The van der Waals surface area contributed by atoms with Crippen LogP contribution in [0.25, 0.3) is 0 Å². The molecule has 0 spiro atoms. The summed E-state index contributed by atoms with van der Waals surface area (Å²) in [6, 6.07) is 3.50.